The van der Waals surface area contributed by atoms with E-state index in [2.05, 4.69) is 15.5 Å². The molecule has 5 nitrogen and oxygen atoms in total. The zero-order valence-electron chi connectivity index (χ0n) is 13.9. The number of amides is 1. The van der Waals surface area contributed by atoms with Gasteiger partial charge in [0.15, 0.2) is 0 Å². The highest BCUT2D eigenvalue weighted by Crippen LogP contribution is 2.24. The number of H-pyrrole nitrogens is 1. The molecule has 2 aromatic carbocycles. The summed E-state index contributed by atoms with van der Waals surface area (Å²) in [5.41, 5.74) is 2.99. The van der Waals surface area contributed by atoms with Gasteiger partial charge in [-0.05, 0) is 36.8 Å². The Morgan fingerprint density at radius 3 is 2.48 bits per heavy atom. The van der Waals surface area contributed by atoms with Gasteiger partial charge in [0.2, 0.25) is 0 Å². The van der Waals surface area contributed by atoms with Gasteiger partial charge in [0.1, 0.15) is 5.75 Å². The number of nitrogens with zero attached hydrogens (tertiary/aromatic N) is 1. The predicted molar refractivity (Wildman–Crippen MR) is 97.9 cm³/mol. The van der Waals surface area contributed by atoms with E-state index in [4.69, 9.17) is 16.3 Å². The molecule has 1 heterocycles. The number of carbonyl (C=O) groups excluding carboxylic acids is 1. The second-order valence-corrected chi connectivity index (χ2v) is 6.07. The molecular formula is C19H18ClN3O2. The van der Waals surface area contributed by atoms with E-state index < -0.39 is 0 Å². The fourth-order valence-electron chi connectivity index (χ4n) is 2.55. The standard InChI is InChI=1S/C19H18ClN3O2/c1-12(13-5-9-16(25-2)10-6-13)22-19(24)17-11-21-23-18(17)14-3-7-15(20)8-4-14/h3-12H,1-2H3,(H,21,23)(H,22,24). The lowest BCUT2D eigenvalue weighted by Gasteiger charge is -2.15. The molecule has 0 bridgehead atoms. The maximum Gasteiger partial charge on any atom is 0.255 e. The normalized spacial score (nSPS) is 11.8. The third-order valence-corrected chi connectivity index (χ3v) is 4.23. The van der Waals surface area contributed by atoms with Gasteiger partial charge in [-0.3, -0.25) is 9.89 Å². The van der Waals surface area contributed by atoms with Gasteiger partial charge in [-0.2, -0.15) is 5.10 Å². The van der Waals surface area contributed by atoms with Gasteiger partial charge in [0.05, 0.1) is 30.6 Å². The first kappa shape index (κ1) is 17.0. The molecule has 6 heteroatoms. The fraction of sp³-hybridized carbons (Fsp3) is 0.158. The summed E-state index contributed by atoms with van der Waals surface area (Å²) in [7, 11) is 1.62. The van der Waals surface area contributed by atoms with Crippen LogP contribution in [0.1, 0.15) is 28.9 Å². The van der Waals surface area contributed by atoms with E-state index in [9.17, 15) is 4.79 Å². The van der Waals surface area contributed by atoms with Gasteiger partial charge >= 0.3 is 0 Å². The molecule has 0 aliphatic rings. The van der Waals surface area contributed by atoms with Crippen LogP contribution in [0.3, 0.4) is 0 Å². The molecule has 3 rings (SSSR count). The molecule has 0 saturated heterocycles. The average Bonchev–Trinajstić information content (AvgIpc) is 3.12. The Hall–Kier alpha value is -2.79. The quantitative estimate of drug-likeness (QED) is 0.719. The Morgan fingerprint density at radius 2 is 1.84 bits per heavy atom. The van der Waals surface area contributed by atoms with Gasteiger partial charge in [-0.1, -0.05) is 35.9 Å². The summed E-state index contributed by atoms with van der Waals surface area (Å²) in [4.78, 5) is 12.7. The molecule has 0 saturated carbocycles. The Kier molecular flexibility index (Phi) is 5.05. The van der Waals surface area contributed by atoms with Crippen molar-refractivity contribution in [3.63, 3.8) is 0 Å². The summed E-state index contributed by atoms with van der Waals surface area (Å²) in [6.07, 6.45) is 1.53. The third-order valence-electron chi connectivity index (χ3n) is 3.98. The molecule has 1 amide bonds. The van der Waals surface area contributed by atoms with Crippen molar-refractivity contribution in [3.8, 4) is 17.0 Å². The van der Waals surface area contributed by atoms with Crippen molar-refractivity contribution >= 4 is 17.5 Å². The minimum absolute atomic E-state index is 0.147. The SMILES string of the molecule is COc1ccc(C(C)NC(=O)c2cn[nH]c2-c2ccc(Cl)cc2)cc1. The molecule has 3 aromatic rings. The highest BCUT2D eigenvalue weighted by Gasteiger charge is 2.17. The number of hydrogen-bond donors (Lipinski definition) is 2. The summed E-state index contributed by atoms with van der Waals surface area (Å²) in [5, 5.41) is 10.5. The lowest BCUT2D eigenvalue weighted by Crippen LogP contribution is -2.26. The van der Waals surface area contributed by atoms with Crippen LogP contribution in [0, 0.1) is 0 Å². The van der Waals surface area contributed by atoms with E-state index in [-0.39, 0.29) is 11.9 Å². The van der Waals surface area contributed by atoms with Crippen molar-refractivity contribution in [2.45, 2.75) is 13.0 Å². The first-order valence-corrected chi connectivity index (χ1v) is 8.20. The maximum atomic E-state index is 12.7. The van der Waals surface area contributed by atoms with E-state index in [1.54, 1.807) is 19.2 Å². The molecule has 1 aromatic heterocycles. The van der Waals surface area contributed by atoms with Crippen LogP contribution in [0.15, 0.2) is 54.7 Å². The highest BCUT2D eigenvalue weighted by atomic mass is 35.5. The topological polar surface area (TPSA) is 67.0 Å². The van der Waals surface area contributed by atoms with Gasteiger partial charge in [0, 0.05) is 10.6 Å². The van der Waals surface area contributed by atoms with E-state index in [0.717, 1.165) is 16.9 Å². The Morgan fingerprint density at radius 1 is 1.16 bits per heavy atom. The van der Waals surface area contributed by atoms with Crippen molar-refractivity contribution in [2.75, 3.05) is 7.11 Å². The lowest BCUT2D eigenvalue weighted by molar-refractivity contribution is 0.0940. The van der Waals surface area contributed by atoms with Gasteiger partial charge in [0.25, 0.3) is 5.91 Å². The first-order chi connectivity index (χ1) is 12.1. The number of aromatic nitrogens is 2. The van der Waals surface area contributed by atoms with Gasteiger partial charge in [-0.25, -0.2) is 0 Å². The second-order valence-electron chi connectivity index (χ2n) is 5.63. The fourth-order valence-corrected chi connectivity index (χ4v) is 2.67. The molecule has 1 atom stereocenters. The number of hydrogen-bond acceptors (Lipinski definition) is 3. The smallest absolute Gasteiger partial charge is 0.255 e. The molecule has 0 aliphatic carbocycles. The number of ether oxygens (including phenoxy) is 1. The summed E-state index contributed by atoms with van der Waals surface area (Å²) in [6.45, 7) is 1.93. The van der Waals surface area contributed by atoms with E-state index in [0.29, 0.717) is 16.3 Å². The number of benzene rings is 2. The highest BCUT2D eigenvalue weighted by molar-refractivity contribution is 6.30. The van der Waals surface area contributed by atoms with Crippen LogP contribution < -0.4 is 10.1 Å². The van der Waals surface area contributed by atoms with Crippen LogP contribution in [0.4, 0.5) is 0 Å². The van der Waals surface area contributed by atoms with Crippen LogP contribution in [-0.2, 0) is 0 Å². The molecule has 25 heavy (non-hydrogen) atoms. The molecule has 0 aliphatic heterocycles. The lowest BCUT2D eigenvalue weighted by atomic mass is 10.1. The largest absolute Gasteiger partial charge is 0.497 e. The van der Waals surface area contributed by atoms with E-state index in [1.807, 2.05) is 43.3 Å². The van der Waals surface area contributed by atoms with Crippen molar-refractivity contribution in [3.05, 3.63) is 70.9 Å². The van der Waals surface area contributed by atoms with Gasteiger partial charge < -0.3 is 10.1 Å². The molecule has 0 spiro atoms. The first-order valence-electron chi connectivity index (χ1n) is 7.82. The molecule has 0 radical (unpaired) electrons. The zero-order valence-corrected chi connectivity index (χ0v) is 14.7. The van der Waals surface area contributed by atoms with Gasteiger partial charge in [-0.15, -0.1) is 0 Å². The summed E-state index contributed by atoms with van der Waals surface area (Å²) in [6, 6.07) is 14.7. The summed E-state index contributed by atoms with van der Waals surface area (Å²) < 4.78 is 5.15. The number of carbonyl (C=O) groups is 1. The Bertz CT molecular complexity index is 857. The predicted octanol–water partition coefficient (Wildman–Crippen LogP) is 4.23. The third kappa shape index (κ3) is 3.83. The minimum atomic E-state index is -0.193. The summed E-state index contributed by atoms with van der Waals surface area (Å²) >= 11 is 5.92. The molecule has 1 unspecified atom stereocenters. The molecule has 128 valence electrons. The van der Waals surface area contributed by atoms with Crippen LogP contribution in [-0.4, -0.2) is 23.2 Å². The molecule has 0 fully saturated rings. The number of aromatic amines is 1. The van der Waals surface area contributed by atoms with Crippen LogP contribution in [0.2, 0.25) is 5.02 Å². The Balaban J connectivity index is 1.77. The van der Waals surface area contributed by atoms with Crippen LogP contribution >= 0.6 is 11.6 Å². The van der Waals surface area contributed by atoms with Crippen LogP contribution in [0.5, 0.6) is 5.75 Å². The molecular weight excluding hydrogens is 338 g/mol. The number of nitrogens with one attached hydrogen (secondary N) is 2. The number of halogens is 1. The van der Waals surface area contributed by atoms with Crippen molar-refractivity contribution < 1.29 is 9.53 Å². The monoisotopic (exact) mass is 355 g/mol. The van der Waals surface area contributed by atoms with Crippen molar-refractivity contribution in [1.82, 2.24) is 15.5 Å². The maximum absolute atomic E-state index is 12.7. The summed E-state index contributed by atoms with van der Waals surface area (Å²) in [5.74, 6) is 0.587. The molecule has 2 N–H and O–H groups in total. The number of rotatable bonds is 5. The van der Waals surface area contributed by atoms with Crippen molar-refractivity contribution in [1.29, 1.82) is 0 Å². The minimum Gasteiger partial charge on any atom is -0.497 e. The van der Waals surface area contributed by atoms with E-state index >= 15 is 0 Å². The average molecular weight is 356 g/mol. The van der Waals surface area contributed by atoms with Crippen LogP contribution in [0.25, 0.3) is 11.3 Å². The number of methoxy groups -OCH3 is 1. The Labute approximate surface area is 151 Å². The zero-order chi connectivity index (χ0) is 17.8. The van der Waals surface area contributed by atoms with E-state index in [1.165, 1.54) is 6.20 Å². The van der Waals surface area contributed by atoms with Crippen molar-refractivity contribution in [2.24, 2.45) is 0 Å². The second kappa shape index (κ2) is 7.40.